The van der Waals surface area contributed by atoms with Crippen molar-refractivity contribution in [2.45, 2.75) is 25.9 Å². The first-order valence-corrected chi connectivity index (χ1v) is 4.18. The lowest BCUT2D eigenvalue weighted by molar-refractivity contribution is 0.0152. The summed E-state index contributed by atoms with van der Waals surface area (Å²) in [7, 11) is 0. The summed E-state index contributed by atoms with van der Waals surface area (Å²) in [5.41, 5.74) is 0. The molecule has 11 heavy (non-hydrogen) atoms. The zero-order chi connectivity index (χ0) is 8.27. The van der Waals surface area contributed by atoms with Crippen molar-refractivity contribution in [1.82, 2.24) is 5.32 Å². The molecule has 0 radical (unpaired) electrons. The highest BCUT2D eigenvalue weighted by Gasteiger charge is 2.22. The van der Waals surface area contributed by atoms with Gasteiger partial charge in [0.1, 0.15) is 0 Å². The molecule has 3 heteroatoms. The predicted molar refractivity (Wildman–Crippen MR) is 43.5 cm³/mol. The molecule has 0 bridgehead atoms. The highest BCUT2D eigenvalue weighted by molar-refractivity contribution is 4.79. The second kappa shape index (κ2) is 4.04. The fourth-order valence-corrected chi connectivity index (χ4v) is 1.23. The number of hydrogen-bond acceptors (Lipinski definition) is 3. The molecule has 0 spiro atoms. The molecule has 1 fully saturated rings. The molecule has 0 aromatic heterocycles. The van der Waals surface area contributed by atoms with Gasteiger partial charge in [0.2, 0.25) is 0 Å². The maximum absolute atomic E-state index is 8.85. The third kappa shape index (κ3) is 2.43. The first-order chi connectivity index (χ1) is 5.24. The number of ether oxygens (including phenoxy) is 1. The van der Waals surface area contributed by atoms with Gasteiger partial charge in [0.05, 0.1) is 25.9 Å². The van der Waals surface area contributed by atoms with Crippen LogP contribution in [-0.4, -0.2) is 37.0 Å². The van der Waals surface area contributed by atoms with E-state index in [1.54, 1.807) is 0 Å². The van der Waals surface area contributed by atoms with E-state index in [2.05, 4.69) is 19.2 Å². The fourth-order valence-electron chi connectivity index (χ4n) is 1.23. The van der Waals surface area contributed by atoms with E-state index < -0.39 is 0 Å². The average Bonchev–Trinajstić information content (AvgIpc) is 2.05. The first kappa shape index (κ1) is 8.97. The normalized spacial score (nSPS) is 32.7. The Morgan fingerprint density at radius 3 is 2.82 bits per heavy atom. The summed E-state index contributed by atoms with van der Waals surface area (Å²) in [5.74, 6) is 0.573. The fraction of sp³-hybridized carbons (Fsp3) is 1.00. The Morgan fingerprint density at radius 2 is 2.27 bits per heavy atom. The van der Waals surface area contributed by atoms with Gasteiger partial charge in [-0.3, -0.25) is 0 Å². The van der Waals surface area contributed by atoms with Crippen LogP contribution in [0.15, 0.2) is 0 Å². The quantitative estimate of drug-likeness (QED) is 0.595. The number of hydrogen-bond donors (Lipinski definition) is 2. The second-order valence-corrected chi connectivity index (χ2v) is 3.43. The molecule has 1 rings (SSSR count). The second-order valence-electron chi connectivity index (χ2n) is 3.43. The summed E-state index contributed by atoms with van der Waals surface area (Å²) in [6, 6.07) is 0.539. The van der Waals surface area contributed by atoms with E-state index in [0.29, 0.717) is 18.6 Å². The lowest BCUT2D eigenvalue weighted by Gasteiger charge is -2.32. The molecule has 2 atom stereocenters. The Morgan fingerprint density at radius 1 is 1.55 bits per heavy atom. The van der Waals surface area contributed by atoms with Crippen LogP contribution in [0.4, 0.5) is 0 Å². The summed E-state index contributed by atoms with van der Waals surface area (Å²) in [4.78, 5) is 0. The summed E-state index contributed by atoms with van der Waals surface area (Å²) >= 11 is 0. The van der Waals surface area contributed by atoms with E-state index in [-0.39, 0.29) is 12.6 Å². The van der Waals surface area contributed by atoms with Crippen LogP contribution in [0.5, 0.6) is 0 Å². The molecule has 0 unspecified atom stereocenters. The van der Waals surface area contributed by atoms with E-state index in [0.717, 1.165) is 6.61 Å². The highest BCUT2D eigenvalue weighted by atomic mass is 16.5. The van der Waals surface area contributed by atoms with Crippen molar-refractivity contribution in [2.75, 3.05) is 19.8 Å². The van der Waals surface area contributed by atoms with Crippen LogP contribution in [-0.2, 0) is 4.74 Å². The van der Waals surface area contributed by atoms with Crippen molar-refractivity contribution in [2.24, 2.45) is 5.92 Å². The van der Waals surface area contributed by atoms with Crippen molar-refractivity contribution < 1.29 is 9.84 Å². The van der Waals surface area contributed by atoms with Gasteiger partial charge in [-0.1, -0.05) is 13.8 Å². The minimum absolute atomic E-state index is 0.135. The van der Waals surface area contributed by atoms with Gasteiger partial charge in [-0.15, -0.1) is 0 Å². The summed E-state index contributed by atoms with van der Waals surface area (Å²) in [5, 5.41) is 12.2. The zero-order valence-corrected chi connectivity index (χ0v) is 7.21. The first-order valence-electron chi connectivity index (χ1n) is 4.18. The molecule has 0 amide bonds. The average molecular weight is 159 g/mol. The molecule has 0 aliphatic carbocycles. The van der Waals surface area contributed by atoms with E-state index in [1.807, 2.05) is 0 Å². The molecule has 0 aromatic rings. The van der Waals surface area contributed by atoms with Gasteiger partial charge in [-0.05, 0) is 5.92 Å². The van der Waals surface area contributed by atoms with E-state index >= 15 is 0 Å². The smallest absolute Gasteiger partial charge is 0.0642 e. The van der Waals surface area contributed by atoms with Gasteiger partial charge in [-0.25, -0.2) is 0 Å². The van der Waals surface area contributed by atoms with Crippen molar-refractivity contribution in [3.05, 3.63) is 0 Å². The van der Waals surface area contributed by atoms with Crippen molar-refractivity contribution >= 4 is 0 Å². The van der Waals surface area contributed by atoms with Crippen LogP contribution in [0.3, 0.4) is 0 Å². The van der Waals surface area contributed by atoms with E-state index in [1.165, 1.54) is 0 Å². The highest BCUT2D eigenvalue weighted by Crippen LogP contribution is 2.07. The van der Waals surface area contributed by atoms with Crippen LogP contribution >= 0.6 is 0 Å². The van der Waals surface area contributed by atoms with E-state index in [4.69, 9.17) is 9.84 Å². The van der Waals surface area contributed by atoms with Gasteiger partial charge >= 0.3 is 0 Å². The third-order valence-electron chi connectivity index (χ3n) is 2.09. The molecular formula is C8H17NO2. The minimum atomic E-state index is 0.135. The maximum atomic E-state index is 8.85. The third-order valence-corrected chi connectivity index (χ3v) is 2.09. The van der Waals surface area contributed by atoms with Crippen LogP contribution < -0.4 is 5.32 Å². The monoisotopic (exact) mass is 159 g/mol. The van der Waals surface area contributed by atoms with Crippen molar-refractivity contribution in [3.63, 3.8) is 0 Å². The minimum Gasteiger partial charge on any atom is -0.395 e. The Labute approximate surface area is 67.7 Å². The number of rotatable bonds is 2. The SMILES string of the molecule is CC(C)[C@H]1COC[C@H](CO)N1. The molecule has 1 aliphatic rings. The van der Waals surface area contributed by atoms with Crippen molar-refractivity contribution in [3.8, 4) is 0 Å². The number of aliphatic hydroxyl groups is 1. The molecule has 1 heterocycles. The maximum Gasteiger partial charge on any atom is 0.0642 e. The van der Waals surface area contributed by atoms with Crippen LogP contribution in [0, 0.1) is 5.92 Å². The molecule has 1 saturated heterocycles. The standard InChI is InChI=1S/C8H17NO2/c1-6(2)8-5-11-4-7(3-10)9-8/h6-10H,3-5H2,1-2H3/t7-,8+/m0/s1. The number of aliphatic hydroxyl groups excluding tert-OH is 1. The lowest BCUT2D eigenvalue weighted by Crippen LogP contribution is -2.52. The molecular weight excluding hydrogens is 142 g/mol. The number of morpholine rings is 1. The Hall–Kier alpha value is -0.120. The zero-order valence-electron chi connectivity index (χ0n) is 7.21. The van der Waals surface area contributed by atoms with E-state index in [9.17, 15) is 0 Å². The van der Waals surface area contributed by atoms with Gasteiger partial charge in [-0.2, -0.15) is 0 Å². The molecule has 1 aliphatic heterocycles. The number of nitrogens with one attached hydrogen (secondary N) is 1. The Balaban J connectivity index is 2.33. The van der Waals surface area contributed by atoms with Gasteiger partial charge < -0.3 is 15.2 Å². The Kier molecular flexibility index (Phi) is 3.30. The van der Waals surface area contributed by atoms with Crippen LogP contribution in [0.1, 0.15) is 13.8 Å². The van der Waals surface area contributed by atoms with Crippen LogP contribution in [0.25, 0.3) is 0 Å². The predicted octanol–water partition coefficient (Wildman–Crippen LogP) is -0.00830. The van der Waals surface area contributed by atoms with Gasteiger partial charge in [0.15, 0.2) is 0 Å². The van der Waals surface area contributed by atoms with Crippen molar-refractivity contribution in [1.29, 1.82) is 0 Å². The summed E-state index contributed by atoms with van der Waals surface area (Å²) < 4.78 is 5.32. The summed E-state index contributed by atoms with van der Waals surface area (Å²) in [6.07, 6.45) is 0. The molecule has 0 saturated carbocycles. The Bertz CT molecular complexity index is 117. The largest absolute Gasteiger partial charge is 0.395 e. The molecule has 66 valence electrons. The molecule has 0 aromatic carbocycles. The van der Waals surface area contributed by atoms with Gasteiger partial charge in [0, 0.05) is 6.04 Å². The molecule has 3 nitrogen and oxygen atoms in total. The lowest BCUT2D eigenvalue weighted by atomic mass is 10.0. The van der Waals surface area contributed by atoms with Gasteiger partial charge in [0.25, 0.3) is 0 Å². The van der Waals surface area contributed by atoms with Crippen LogP contribution in [0.2, 0.25) is 0 Å². The topological polar surface area (TPSA) is 41.5 Å². The molecule has 2 N–H and O–H groups in total. The summed E-state index contributed by atoms with van der Waals surface area (Å²) in [6.45, 7) is 5.89.